The monoisotopic (exact) mass is 383 g/mol. The van der Waals surface area contributed by atoms with E-state index in [4.69, 9.17) is 4.74 Å². The summed E-state index contributed by atoms with van der Waals surface area (Å²) in [4.78, 5) is 14.5. The highest BCUT2D eigenvalue weighted by atomic mass is 16.5. The van der Waals surface area contributed by atoms with Crippen LogP contribution in [0.2, 0.25) is 0 Å². The molecule has 7 nitrogen and oxygen atoms in total. The Hall–Kier alpha value is -2.41. The summed E-state index contributed by atoms with van der Waals surface area (Å²) in [7, 11) is 0. The van der Waals surface area contributed by atoms with E-state index >= 15 is 0 Å². The van der Waals surface area contributed by atoms with Crippen LogP contribution in [0.3, 0.4) is 0 Å². The largest absolute Gasteiger partial charge is 0.494 e. The molecule has 150 valence electrons. The van der Waals surface area contributed by atoms with Crippen LogP contribution < -0.4 is 10.1 Å². The molecule has 7 heteroatoms. The van der Waals surface area contributed by atoms with Gasteiger partial charge in [-0.25, -0.2) is 0 Å². The van der Waals surface area contributed by atoms with Crippen molar-refractivity contribution in [1.82, 2.24) is 25.0 Å². The Balaban J connectivity index is 1.37. The van der Waals surface area contributed by atoms with Crippen molar-refractivity contribution in [2.45, 2.75) is 52.2 Å². The number of fused-ring (bicyclic) bond motifs is 1. The normalized spacial score (nSPS) is 18.2. The second-order valence-corrected chi connectivity index (χ2v) is 7.73. The average Bonchev–Trinajstić information content (AvgIpc) is 3.49. The van der Waals surface area contributed by atoms with Crippen molar-refractivity contribution in [3.05, 3.63) is 41.5 Å². The number of aromatic nitrogens is 3. The van der Waals surface area contributed by atoms with Crippen molar-refractivity contribution in [2.75, 3.05) is 19.7 Å². The SMILES string of the molecule is CCOc1ccc(CN2CCc3nnc([C@@H](C)NC(=O)C4CC4)n3CC2)cc1. The zero-order chi connectivity index (χ0) is 19.5. The van der Waals surface area contributed by atoms with E-state index in [1.165, 1.54) is 5.56 Å². The number of hydrogen-bond donors (Lipinski definition) is 1. The molecular formula is C21H29N5O2. The van der Waals surface area contributed by atoms with E-state index in [1.807, 2.05) is 26.0 Å². The van der Waals surface area contributed by atoms with Crippen LogP contribution in [0.5, 0.6) is 5.75 Å². The molecule has 1 aliphatic heterocycles. The number of benzene rings is 1. The van der Waals surface area contributed by atoms with Crippen molar-refractivity contribution in [3.8, 4) is 5.75 Å². The Morgan fingerprint density at radius 3 is 2.71 bits per heavy atom. The highest BCUT2D eigenvalue weighted by Gasteiger charge is 2.31. The van der Waals surface area contributed by atoms with Crippen LogP contribution in [-0.4, -0.2) is 45.3 Å². The molecule has 2 aliphatic rings. The topological polar surface area (TPSA) is 72.3 Å². The molecule has 0 saturated heterocycles. The lowest BCUT2D eigenvalue weighted by molar-refractivity contribution is -0.123. The van der Waals surface area contributed by atoms with E-state index < -0.39 is 0 Å². The molecule has 0 spiro atoms. The van der Waals surface area contributed by atoms with Crippen molar-refractivity contribution in [2.24, 2.45) is 5.92 Å². The van der Waals surface area contributed by atoms with E-state index in [9.17, 15) is 4.79 Å². The van der Waals surface area contributed by atoms with Gasteiger partial charge in [0.2, 0.25) is 5.91 Å². The van der Waals surface area contributed by atoms with Crippen LogP contribution in [-0.2, 0) is 24.3 Å². The molecule has 1 aromatic carbocycles. The molecule has 2 heterocycles. The molecule has 2 aromatic rings. The summed E-state index contributed by atoms with van der Waals surface area (Å²) < 4.78 is 7.71. The predicted molar refractivity (Wildman–Crippen MR) is 106 cm³/mol. The second kappa shape index (κ2) is 8.31. The van der Waals surface area contributed by atoms with Gasteiger partial charge >= 0.3 is 0 Å². The highest BCUT2D eigenvalue weighted by Crippen LogP contribution is 2.29. The molecule has 1 aromatic heterocycles. The number of hydrogen-bond acceptors (Lipinski definition) is 5. The maximum Gasteiger partial charge on any atom is 0.223 e. The summed E-state index contributed by atoms with van der Waals surface area (Å²) in [6, 6.07) is 8.24. The maximum absolute atomic E-state index is 12.1. The van der Waals surface area contributed by atoms with Crippen molar-refractivity contribution in [1.29, 1.82) is 0 Å². The number of amides is 1. The van der Waals surface area contributed by atoms with E-state index in [0.29, 0.717) is 6.61 Å². The molecule has 0 bridgehead atoms. The van der Waals surface area contributed by atoms with Crippen molar-refractivity contribution in [3.63, 3.8) is 0 Å². The predicted octanol–water partition coefficient (Wildman–Crippen LogP) is 2.32. The Morgan fingerprint density at radius 1 is 1.21 bits per heavy atom. The van der Waals surface area contributed by atoms with Crippen LogP contribution in [0.25, 0.3) is 0 Å². The van der Waals surface area contributed by atoms with Gasteiger partial charge in [-0.1, -0.05) is 12.1 Å². The first-order chi connectivity index (χ1) is 13.6. The Kier molecular flexibility index (Phi) is 5.62. The Labute approximate surface area is 166 Å². The molecule has 0 radical (unpaired) electrons. The third-order valence-corrected chi connectivity index (χ3v) is 5.48. The van der Waals surface area contributed by atoms with Gasteiger partial charge in [-0.2, -0.15) is 0 Å². The van der Waals surface area contributed by atoms with Gasteiger partial charge in [-0.05, 0) is 44.4 Å². The van der Waals surface area contributed by atoms with Gasteiger partial charge in [0.05, 0.1) is 12.6 Å². The second-order valence-electron chi connectivity index (χ2n) is 7.73. The van der Waals surface area contributed by atoms with Gasteiger partial charge in [0.1, 0.15) is 11.6 Å². The quantitative estimate of drug-likeness (QED) is 0.794. The standard InChI is InChI=1S/C21H29N5O2/c1-3-28-18-8-4-16(5-9-18)14-25-11-10-19-23-24-20(26(19)13-12-25)15(2)22-21(27)17-6-7-17/h4-5,8-9,15,17H,3,6-7,10-14H2,1-2H3,(H,22,27)/t15-/m1/s1. The third-order valence-electron chi connectivity index (χ3n) is 5.48. The number of rotatable bonds is 7. The first kappa shape index (κ1) is 18.9. The highest BCUT2D eigenvalue weighted by molar-refractivity contribution is 5.81. The van der Waals surface area contributed by atoms with Gasteiger partial charge in [0.15, 0.2) is 5.82 Å². The fourth-order valence-corrected chi connectivity index (χ4v) is 3.72. The molecule has 1 saturated carbocycles. The van der Waals surface area contributed by atoms with Gasteiger partial charge < -0.3 is 14.6 Å². The molecule has 1 atom stereocenters. The fraction of sp³-hybridized carbons (Fsp3) is 0.571. The maximum atomic E-state index is 12.1. The lowest BCUT2D eigenvalue weighted by Gasteiger charge is -2.20. The molecule has 4 rings (SSSR count). The summed E-state index contributed by atoms with van der Waals surface area (Å²) >= 11 is 0. The zero-order valence-corrected chi connectivity index (χ0v) is 16.7. The number of nitrogens with one attached hydrogen (secondary N) is 1. The number of ether oxygens (including phenoxy) is 1. The number of carbonyl (C=O) groups is 1. The van der Waals surface area contributed by atoms with Crippen LogP contribution in [0, 0.1) is 5.92 Å². The summed E-state index contributed by atoms with van der Waals surface area (Å²) in [5.41, 5.74) is 1.28. The lowest BCUT2D eigenvalue weighted by Crippen LogP contribution is -2.31. The van der Waals surface area contributed by atoms with Crippen molar-refractivity contribution < 1.29 is 9.53 Å². The van der Waals surface area contributed by atoms with E-state index in [-0.39, 0.29) is 17.9 Å². The number of nitrogens with zero attached hydrogens (tertiary/aromatic N) is 4. The van der Waals surface area contributed by atoms with Crippen LogP contribution >= 0.6 is 0 Å². The smallest absolute Gasteiger partial charge is 0.223 e. The number of carbonyl (C=O) groups excluding carboxylic acids is 1. The minimum Gasteiger partial charge on any atom is -0.494 e. The summed E-state index contributed by atoms with van der Waals surface area (Å²) in [5.74, 6) is 3.15. The summed E-state index contributed by atoms with van der Waals surface area (Å²) in [6.45, 7) is 8.33. The lowest BCUT2D eigenvalue weighted by atomic mass is 10.2. The van der Waals surface area contributed by atoms with Crippen LogP contribution in [0.1, 0.15) is 49.9 Å². The molecule has 1 fully saturated rings. The molecule has 1 N–H and O–H groups in total. The van der Waals surface area contributed by atoms with Gasteiger partial charge in [0, 0.05) is 38.5 Å². The molecule has 0 unspecified atom stereocenters. The first-order valence-electron chi connectivity index (χ1n) is 10.3. The third kappa shape index (κ3) is 4.35. The molecule has 1 aliphatic carbocycles. The Bertz CT molecular complexity index is 813. The molecular weight excluding hydrogens is 354 g/mol. The van der Waals surface area contributed by atoms with Crippen LogP contribution in [0.4, 0.5) is 0 Å². The summed E-state index contributed by atoms with van der Waals surface area (Å²) in [5, 5.41) is 11.9. The van der Waals surface area contributed by atoms with Gasteiger partial charge in [-0.15, -0.1) is 10.2 Å². The average molecular weight is 383 g/mol. The van der Waals surface area contributed by atoms with Crippen LogP contribution in [0.15, 0.2) is 24.3 Å². The van der Waals surface area contributed by atoms with Gasteiger partial charge in [-0.3, -0.25) is 9.69 Å². The molecule has 28 heavy (non-hydrogen) atoms. The van der Waals surface area contributed by atoms with E-state index in [2.05, 4.69) is 37.1 Å². The van der Waals surface area contributed by atoms with E-state index in [1.54, 1.807) is 0 Å². The fourth-order valence-electron chi connectivity index (χ4n) is 3.72. The zero-order valence-electron chi connectivity index (χ0n) is 16.7. The first-order valence-corrected chi connectivity index (χ1v) is 10.3. The Morgan fingerprint density at radius 2 is 2.00 bits per heavy atom. The minimum absolute atomic E-state index is 0.105. The van der Waals surface area contributed by atoms with Gasteiger partial charge in [0.25, 0.3) is 0 Å². The van der Waals surface area contributed by atoms with Crippen molar-refractivity contribution >= 4 is 5.91 Å². The minimum atomic E-state index is -0.105. The summed E-state index contributed by atoms with van der Waals surface area (Å²) in [6.07, 6.45) is 2.89. The molecule has 1 amide bonds. The van der Waals surface area contributed by atoms with E-state index in [0.717, 1.165) is 62.8 Å².